The number of para-hydroxylation sites is 1. The van der Waals surface area contributed by atoms with E-state index in [0.29, 0.717) is 11.3 Å². The minimum Gasteiger partial charge on any atom is -0.324 e. The molecule has 0 aliphatic carbocycles. The van der Waals surface area contributed by atoms with Crippen LogP contribution in [0.3, 0.4) is 0 Å². The first-order chi connectivity index (χ1) is 14.0. The maximum absolute atomic E-state index is 13.5. The third kappa shape index (κ3) is 2.30. The minimum absolute atomic E-state index is 0.245. The van der Waals surface area contributed by atoms with Crippen LogP contribution in [-0.4, -0.2) is 46.0 Å². The number of nitrogens with one attached hydrogen (secondary N) is 1. The van der Waals surface area contributed by atoms with E-state index < -0.39 is 29.8 Å². The Kier molecular flexibility index (Phi) is 3.81. The van der Waals surface area contributed by atoms with Crippen LogP contribution in [0.4, 0.5) is 5.69 Å². The topological polar surface area (TPSA) is 86.8 Å². The van der Waals surface area contributed by atoms with Gasteiger partial charge in [0.25, 0.3) is 5.91 Å². The summed E-state index contributed by atoms with van der Waals surface area (Å²) in [7, 11) is 0. The molecule has 29 heavy (non-hydrogen) atoms. The van der Waals surface area contributed by atoms with Crippen LogP contribution >= 0.6 is 0 Å². The zero-order valence-corrected chi connectivity index (χ0v) is 15.7. The van der Waals surface area contributed by atoms with Gasteiger partial charge in [0.05, 0.1) is 29.1 Å². The Labute approximate surface area is 167 Å². The maximum atomic E-state index is 13.5. The van der Waals surface area contributed by atoms with E-state index in [1.807, 2.05) is 30.3 Å². The minimum atomic E-state index is -1.03. The van der Waals surface area contributed by atoms with Gasteiger partial charge in [0.1, 0.15) is 6.04 Å². The Hall–Kier alpha value is -3.48. The number of carbonyl (C=O) groups is 4. The molecule has 2 fully saturated rings. The fourth-order valence-electron chi connectivity index (χ4n) is 4.95. The van der Waals surface area contributed by atoms with Crippen LogP contribution in [0.15, 0.2) is 54.6 Å². The van der Waals surface area contributed by atoms with Crippen molar-refractivity contribution in [1.82, 2.24) is 9.80 Å². The van der Waals surface area contributed by atoms with E-state index in [9.17, 15) is 19.2 Å². The van der Waals surface area contributed by atoms with E-state index >= 15 is 0 Å². The SMILES string of the molecule is CCN1C(=O)[C@@H]2[C@H](C1=O)[C@@H]1C(=O)Nc3ccccc3C(=O)N1[C@@H]2c1ccccc1. The summed E-state index contributed by atoms with van der Waals surface area (Å²) in [6.07, 6.45) is 0. The van der Waals surface area contributed by atoms with Crippen LogP contribution in [0.25, 0.3) is 0 Å². The maximum Gasteiger partial charge on any atom is 0.257 e. The number of benzene rings is 2. The van der Waals surface area contributed by atoms with Crippen molar-refractivity contribution in [3.05, 3.63) is 65.7 Å². The molecule has 3 aliphatic rings. The first kappa shape index (κ1) is 17.6. The van der Waals surface area contributed by atoms with Crippen molar-refractivity contribution in [1.29, 1.82) is 0 Å². The van der Waals surface area contributed by atoms with Crippen molar-refractivity contribution in [2.24, 2.45) is 11.8 Å². The molecule has 2 aromatic rings. The van der Waals surface area contributed by atoms with Crippen LogP contribution < -0.4 is 5.32 Å². The summed E-state index contributed by atoms with van der Waals surface area (Å²) in [5.74, 6) is -3.14. The lowest BCUT2D eigenvalue weighted by Gasteiger charge is -2.31. The van der Waals surface area contributed by atoms with Gasteiger partial charge in [0.2, 0.25) is 17.7 Å². The number of carbonyl (C=O) groups excluding carboxylic acids is 4. The molecule has 2 saturated heterocycles. The van der Waals surface area contributed by atoms with Crippen LogP contribution in [0.2, 0.25) is 0 Å². The first-order valence-corrected chi connectivity index (χ1v) is 9.67. The van der Waals surface area contributed by atoms with Crippen molar-refractivity contribution in [2.45, 2.75) is 19.0 Å². The predicted octanol–water partition coefficient (Wildman–Crippen LogP) is 1.83. The molecular weight excluding hydrogens is 370 g/mol. The van der Waals surface area contributed by atoms with Gasteiger partial charge in [0, 0.05) is 6.54 Å². The summed E-state index contributed by atoms with van der Waals surface area (Å²) >= 11 is 0. The van der Waals surface area contributed by atoms with Crippen molar-refractivity contribution < 1.29 is 19.2 Å². The molecule has 0 aromatic heterocycles. The summed E-state index contributed by atoms with van der Waals surface area (Å²) in [6.45, 7) is 1.98. The van der Waals surface area contributed by atoms with Crippen LogP contribution in [0.5, 0.6) is 0 Å². The molecule has 0 saturated carbocycles. The number of amides is 4. The highest BCUT2D eigenvalue weighted by Crippen LogP contribution is 2.51. The number of rotatable bonds is 2. The van der Waals surface area contributed by atoms with Gasteiger partial charge in [-0.3, -0.25) is 24.1 Å². The third-order valence-corrected chi connectivity index (χ3v) is 6.14. The fourth-order valence-corrected chi connectivity index (χ4v) is 4.95. The normalized spacial score (nSPS) is 28.0. The van der Waals surface area contributed by atoms with E-state index in [4.69, 9.17) is 0 Å². The molecule has 2 aromatic carbocycles. The number of hydrogen-bond donors (Lipinski definition) is 1. The summed E-state index contributed by atoms with van der Waals surface area (Å²) in [6, 6.07) is 14.2. The average molecular weight is 389 g/mol. The van der Waals surface area contributed by atoms with Crippen molar-refractivity contribution >= 4 is 29.3 Å². The fraction of sp³-hybridized carbons (Fsp3) is 0.273. The molecular formula is C22H19N3O4. The van der Waals surface area contributed by atoms with Gasteiger partial charge in [-0.2, -0.15) is 0 Å². The van der Waals surface area contributed by atoms with Crippen LogP contribution in [0.1, 0.15) is 28.9 Å². The standard InChI is InChI=1S/C22H19N3O4/c1-2-24-21(28)15-16(22(24)29)18-19(26)23-14-11-7-6-10-13(14)20(27)25(18)17(15)12-8-4-3-5-9-12/h3-11,15-18H,2H2,1H3,(H,23,26)/t15-,16+,17-,18-/m1/s1. The lowest BCUT2D eigenvalue weighted by molar-refractivity contribution is -0.142. The lowest BCUT2D eigenvalue weighted by atomic mass is 9.86. The van der Waals surface area contributed by atoms with E-state index in [0.717, 1.165) is 5.56 Å². The zero-order chi connectivity index (χ0) is 20.3. The molecule has 5 rings (SSSR count). The Balaban J connectivity index is 1.73. The van der Waals surface area contributed by atoms with Gasteiger partial charge in [-0.1, -0.05) is 42.5 Å². The van der Waals surface area contributed by atoms with Gasteiger partial charge in [-0.25, -0.2) is 0 Å². The number of fused-ring (bicyclic) bond motifs is 4. The largest absolute Gasteiger partial charge is 0.324 e. The Bertz CT molecular complexity index is 1050. The molecule has 146 valence electrons. The van der Waals surface area contributed by atoms with Gasteiger partial charge in [-0.05, 0) is 24.6 Å². The van der Waals surface area contributed by atoms with Crippen molar-refractivity contribution in [3.63, 3.8) is 0 Å². The summed E-state index contributed by atoms with van der Waals surface area (Å²) < 4.78 is 0. The number of likely N-dealkylation sites (tertiary alicyclic amines) is 1. The molecule has 4 atom stereocenters. The number of anilines is 1. The van der Waals surface area contributed by atoms with Crippen LogP contribution in [0, 0.1) is 11.8 Å². The molecule has 3 aliphatic heterocycles. The average Bonchev–Trinajstić information content (AvgIpc) is 3.18. The zero-order valence-electron chi connectivity index (χ0n) is 15.7. The van der Waals surface area contributed by atoms with Gasteiger partial charge < -0.3 is 10.2 Å². The molecule has 1 N–H and O–H groups in total. The Morgan fingerprint density at radius 3 is 2.14 bits per heavy atom. The van der Waals surface area contributed by atoms with E-state index in [2.05, 4.69) is 5.32 Å². The van der Waals surface area contributed by atoms with Crippen LogP contribution in [-0.2, 0) is 14.4 Å². The number of imide groups is 1. The second-order valence-electron chi connectivity index (χ2n) is 7.52. The number of nitrogens with zero attached hydrogens (tertiary/aromatic N) is 2. The first-order valence-electron chi connectivity index (χ1n) is 9.67. The molecule has 0 bridgehead atoms. The van der Waals surface area contributed by atoms with Gasteiger partial charge in [0.15, 0.2) is 0 Å². The summed E-state index contributed by atoms with van der Waals surface area (Å²) in [5.41, 5.74) is 1.52. The van der Waals surface area contributed by atoms with Gasteiger partial charge in [-0.15, -0.1) is 0 Å². The van der Waals surface area contributed by atoms with E-state index in [1.54, 1.807) is 31.2 Å². The van der Waals surface area contributed by atoms with Gasteiger partial charge >= 0.3 is 0 Å². The predicted molar refractivity (Wildman–Crippen MR) is 104 cm³/mol. The highest BCUT2D eigenvalue weighted by molar-refractivity contribution is 6.16. The molecule has 7 nitrogen and oxygen atoms in total. The highest BCUT2D eigenvalue weighted by atomic mass is 16.2. The second kappa shape index (κ2) is 6.27. The molecule has 3 heterocycles. The number of hydrogen-bond acceptors (Lipinski definition) is 4. The summed E-state index contributed by atoms with van der Waals surface area (Å²) in [5, 5.41) is 2.79. The molecule has 7 heteroatoms. The molecule has 0 spiro atoms. The highest BCUT2D eigenvalue weighted by Gasteiger charge is 2.65. The second-order valence-corrected chi connectivity index (χ2v) is 7.52. The molecule has 0 radical (unpaired) electrons. The monoisotopic (exact) mass is 389 g/mol. The van der Waals surface area contributed by atoms with Crippen molar-refractivity contribution in [3.8, 4) is 0 Å². The molecule has 4 amide bonds. The lowest BCUT2D eigenvalue weighted by Crippen LogP contribution is -2.48. The quantitative estimate of drug-likeness (QED) is 0.794. The Morgan fingerprint density at radius 2 is 1.45 bits per heavy atom. The smallest absolute Gasteiger partial charge is 0.257 e. The van der Waals surface area contributed by atoms with Crippen molar-refractivity contribution in [2.75, 3.05) is 11.9 Å². The van der Waals surface area contributed by atoms with E-state index in [-0.39, 0.29) is 24.3 Å². The Morgan fingerprint density at radius 1 is 0.828 bits per heavy atom. The molecule has 0 unspecified atom stereocenters. The third-order valence-electron chi connectivity index (χ3n) is 6.14. The summed E-state index contributed by atoms with van der Waals surface area (Å²) in [4.78, 5) is 55.6. The van der Waals surface area contributed by atoms with E-state index in [1.165, 1.54) is 9.80 Å².